The highest BCUT2D eigenvalue weighted by Gasteiger charge is 2.23. The van der Waals surface area contributed by atoms with Crippen molar-refractivity contribution >= 4 is 0 Å². The molecule has 0 radical (unpaired) electrons. The first-order chi connectivity index (χ1) is 11.0. The lowest BCUT2D eigenvalue weighted by molar-refractivity contribution is 0.576. The molecule has 0 heterocycles. The van der Waals surface area contributed by atoms with E-state index in [9.17, 15) is 0 Å². The van der Waals surface area contributed by atoms with Gasteiger partial charge in [-0.1, -0.05) is 81.4 Å². The molecule has 1 heteroatoms. The van der Waals surface area contributed by atoms with Crippen molar-refractivity contribution in [2.45, 2.75) is 26.2 Å². The van der Waals surface area contributed by atoms with Gasteiger partial charge in [0.25, 0.3) is 0 Å². The molecule has 0 nitrogen and oxygen atoms in total. The van der Waals surface area contributed by atoms with Crippen molar-refractivity contribution in [1.29, 1.82) is 0 Å². The van der Waals surface area contributed by atoms with Gasteiger partial charge in [-0.3, -0.25) is 0 Å². The summed E-state index contributed by atoms with van der Waals surface area (Å²) >= 11 is 0. The van der Waals surface area contributed by atoms with E-state index in [1.165, 1.54) is 0 Å². The Morgan fingerprint density at radius 3 is 1.70 bits per heavy atom. The average molecular weight is 304 g/mol. The molecule has 3 rings (SSSR count). The molecule has 0 atom stereocenters. The smallest absolute Gasteiger partial charge is 0.131 e. The third kappa shape index (κ3) is 3.19. The van der Waals surface area contributed by atoms with Gasteiger partial charge in [0.15, 0.2) is 0 Å². The summed E-state index contributed by atoms with van der Waals surface area (Å²) in [7, 11) is 0. The summed E-state index contributed by atoms with van der Waals surface area (Å²) in [6.45, 7) is 6.38. The maximum Gasteiger partial charge on any atom is 0.131 e. The fourth-order valence-corrected chi connectivity index (χ4v) is 2.89. The van der Waals surface area contributed by atoms with Gasteiger partial charge in [-0.15, -0.1) is 0 Å². The minimum Gasteiger partial charge on any atom is -0.206 e. The van der Waals surface area contributed by atoms with Crippen molar-refractivity contribution in [1.82, 2.24) is 0 Å². The molecule has 116 valence electrons. The van der Waals surface area contributed by atoms with Crippen LogP contribution in [0.1, 0.15) is 26.3 Å². The second-order valence-electron chi connectivity index (χ2n) is 6.86. The highest BCUT2D eigenvalue weighted by atomic mass is 19.1. The molecule has 0 aliphatic rings. The van der Waals surface area contributed by atoms with Gasteiger partial charge in [-0.25, -0.2) is 4.39 Å². The van der Waals surface area contributed by atoms with Crippen molar-refractivity contribution in [3.05, 3.63) is 84.2 Å². The van der Waals surface area contributed by atoms with Crippen molar-refractivity contribution in [2.24, 2.45) is 0 Å². The van der Waals surface area contributed by atoms with Crippen molar-refractivity contribution in [2.75, 3.05) is 0 Å². The van der Waals surface area contributed by atoms with Crippen LogP contribution in [0.25, 0.3) is 22.3 Å². The maximum absolute atomic E-state index is 15.0. The van der Waals surface area contributed by atoms with E-state index in [1.54, 1.807) is 6.07 Å². The Morgan fingerprint density at radius 2 is 1.17 bits per heavy atom. The van der Waals surface area contributed by atoms with Crippen LogP contribution in [0.15, 0.2) is 72.8 Å². The minimum absolute atomic E-state index is 0.142. The van der Waals surface area contributed by atoms with E-state index < -0.39 is 0 Å². The molecule has 0 fully saturated rings. The number of hydrogen-bond acceptors (Lipinski definition) is 0. The Balaban J connectivity index is 2.26. The highest BCUT2D eigenvalue weighted by molar-refractivity contribution is 5.75. The van der Waals surface area contributed by atoms with Gasteiger partial charge in [-0.05, 0) is 39.8 Å². The van der Waals surface area contributed by atoms with Gasteiger partial charge < -0.3 is 0 Å². The Kier molecular flexibility index (Phi) is 4.04. The monoisotopic (exact) mass is 304 g/mol. The highest BCUT2D eigenvalue weighted by Crippen LogP contribution is 2.38. The summed E-state index contributed by atoms with van der Waals surface area (Å²) in [5, 5.41) is 0. The summed E-state index contributed by atoms with van der Waals surface area (Å²) in [6, 6.07) is 23.5. The van der Waals surface area contributed by atoms with Crippen LogP contribution < -0.4 is 0 Å². The van der Waals surface area contributed by atoms with Gasteiger partial charge in [0, 0.05) is 5.56 Å². The zero-order chi connectivity index (χ0) is 16.4. The molecule has 0 aromatic heterocycles. The van der Waals surface area contributed by atoms with Crippen LogP contribution in [0.2, 0.25) is 0 Å². The van der Waals surface area contributed by atoms with Gasteiger partial charge in [-0.2, -0.15) is 0 Å². The first-order valence-corrected chi connectivity index (χ1v) is 7.92. The molecule has 0 N–H and O–H groups in total. The van der Waals surface area contributed by atoms with Crippen LogP contribution >= 0.6 is 0 Å². The first-order valence-electron chi connectivity index (χ1n) is 7.92. The predicted molar refractivity (Wildman–Crippen MR) is 96.0 cm³/mol. The Bertz CT molecular complexity index is 797. The molecule has 0 bridgehead atoms. The average Bonchev–Trinajstić information content (AvgIpc) is 2.55. The van der Waals surface area contributed by atoms with Crippen LogP contribution in [-0.2, 0) is 5.41 Å². The van der Waals surface area contributed by atoms with Crippen LogP contribution in [0.3, 0.4) is 0 Å². The molecule has 0 unspecified atom stereocenters. The molecule has 0 saturated carbocycles. The second-order valence-corrected chi connectivity index (χ2v) is 6.86. The summed E-state index contributed by atoms with van der Waals surface area (Å²) in [6.07, 6.45) is 0. The molecule has 0 aliphatic heterocycles. The fourth-order valence-electron chi connectivity index (χ4n) is 2.89. The van der Waals surface area contributed by atoms with Crippen molar-refractivity contribution < 1.29 is 4.39 Å². The first kappa shape index (κ1) is 15.5. The van der Waals surface area contributed by atoms with E-state index in [-0.39, 0.29) is 11.2 Å². The SMILES string of the molecule is CC(C)(C)c1cc(-c2ccccc2)cc(F)c1-c1ccccc1. The molecule has 23 heavy (non-hydrogen) atoms. The largest absolute Gasteiger partial charge is 0.206 e. The predicted octanol–water partition coefficient (Wildman–Crippen LogP) is 6.46. The molecule has 0 spiro atoms. The van der Waals surface area contributed by atoms with E-state index in [4.69, 9.17) is 0 Å². The van der Waals surface area contributed by atoms with E-state index in [2.05, 4.69) is 26.8 Å². The van der Waals surface area contributed by atoms with Crippen LogP contribution in [0.4, 0.5) is 4.39 Å². The normalized spacial score (nSPS) is 11.5. The fraction of sp³-hybridized carbons (Fsp3) is 0.182. The lowest BCUT2D eigenvalue weighted by Crippen LogP contribution is -2.14. The zero-order valence-electron chi connectivity index (χ0n) is 13.8. The third-order valence-electron chi connectivity index (χ3n) is 4.07. The topological polar surface area (TPSA) is 0 Å². The number of rotatable bonds is 2. The molecule has 0 aliphatic carbocycles. The van der Waals surface area contributed by atoms with Gasteiger partial charge >= 0.3 is 0 Å². The van der Waals surface area contributed by atoms with Crippen LogP contribution in [0, 0.1) is 5.82 Å². The molecule has 0 amide bonds. The van der Waals surface area contributed by atoms with Crippen LogP contribution in [-0.4, -0.2) is 0 Å². The third-order valence-corrected chi connectivity index (χ3v) is 4.07. The van der Waals surface area contributed by atoms with E-state index in [0.29, 0.717) is 5.56 Å². The minimum atomic E-state index is -0.164. The number of halogens is 1. The van der Waals surface area contributed by atoms with E-state index in [1.807, 2.05) is 60.7 Å². The molecular formula is C22H21F. The molecular weight excluding hydrogens is 283 g/mol. The summed E-state index contributed by atoms with van der Waals surface area (Å²) in [5.74, 6) is -0.164. The Labute approximate surface area is 137 Å². The lowest BCUT2D eigenvalue weighted by atomic mass is 9.80. The Morgan fingerprint density at radius 1 is 0.652 bits per heavy atom. The quantitative estimate of drug-likeness (QED) is 0.510. The maximum atomic E-state index is 15.0. The Hall–Kier alpha value is -2.41. The second kappa shape index (κ2) is 6.00. The summed E-state index contributed by atoms with van der Waals surface area (Å²) in [4.78, 5) is 0. The van der Waals surface area contributed by atoms with E-state index in [0.717, 1.165) is 22.3 Å². The standard InChI is InChI=1S/C22H21F/c1-22(2,3)19-14-18(16-10-6-4-7-11-16)15-20(23)21(19)17-12-8-5-9-13-17/h4-15H,1-3H3. The lowest BCUT2D eigenvalue weighted by Gasteiger charge is -2.25. The van der Waals surface area contributed by atoms with Crippen LogP contribution in [0.5, 0.6) is 0 Å². The van der Waals surface area contributed by atoms with Crippen molar-refractivity contribution in [3.8, 4) is 22.3 Å². The van der Waals surface area contributed by atoms with Gasteiger partial charge in [0.2, 0.25) is 0 Å². The molecule has 3 aromatic rings. The van der Waals surface area contributed by atoms with Gasteiger partial charge in [0.05, 0.1) is 0 Å². The zero-order valence-corrected chi connectivity index (χ0v) is 13.8. The number of benzene rings is 3. The molecule has 0 saturated heterocycles. The summed E-state index contributed by atoms with van der Waals surface area (Å²) in [5.41, 5.74) is 4.48. The van der Waals surface area contributed by atoms with E-state index >= 15 is 4.39 Å². The van der Waals surface area contributed by atoms with Gasteiger partial charge in [0.1, 0.15) is 5.82 Å². The summed E-state index contributed by atoms with van der Waals surface area (Å²) < 4.78 is 15.0. The number of hydrogen-bond donors (Lipinski definition) is 0. The molecule has 3 aromatic carbocycles. The van der Waals surface area contributed by atoms with Crippen molar-refractivity contribution in [3.63, 3.8) is 0 Å².